The van der Waals surface area contributed by atoms with E-state index in [1.807, 2.05) is 12.1 Å². The van der Waals surface area contributed by atoms with Crippen LogP contribution >= 0.6 is 0 Å². The molecule has 1 fully saturated rings. The minimum atomic E-state index is -0.165. The van der Waals surface area contributed by atoms with Crippen molar-refractivity contribution >= 4 is 0 Å². The van der Waals surface area contributed by atoms with Gasteiger partial charge < -0.3 is 10.1 Å². The Balaban J connectivity index is 1.77. The fourth-order valence-corrected chi connectivity index (χ4v) is 2.38. The van der Waals surface area contributed by atoms with Gasteiger partial charge in [-0.3, -0.25) is 0 Å². The van der Waals surface area contributed by atoms with Gasteiger partial charge in [0.25, 0.3) is 0 Å². The highest BCUT2D eigenvalue weighted by atomic mass is 19.1. The molecule has 3 heteroatoms. The van der Waals surface area contributed by atoms with E-state index in [4.69, 9.17) is 4.74 Å². The van der Waals surface area contributed by atoms with Crippen molar-refractivity contribution in [1.29, 1.82) is 0 Å². The van der Waals surface area contributed by atoms with Gasteiger partial charge in [0.05, 0.1) is 6.61 Å². The molecule has 1 aromatic rings. The second-order valence-electron chi connectivity index (χ2n) is 6.10. The molecule has 0 radical (unpaired) electrons. The normalized spacial score (nSPS) is 15.6. The summed E-state index contributed by atoms with van der Waals surface area (Å²) in [5.74, 6) is 0.684. The van der Waals surface area contributed by atoms with Gasteiger partial charge in [-0.2, -0.15) is 0 Å². The fraction of sp³-hybridized carbons (Fsp3) is 0.647. The van der Waals surface area contributed by atoms with Gasteiger partial charge in [0.15, 0.2) is 0 Å². The van der Waals surface area contributed by atoms with E-state index < -0.39 is 0 Å². The van der Waals surface area contributed by atoms with Crippen molar-refractivity contribution in [3.05, 3.63) is 35.1 Å². The topological polar surface area (TPSA) is 21.3 Å². The zero-order valence-electron chi connectivity index (χ0n) is 12.6. The minimum Gasteiger partial charge on any atom is -0.377 e. The Morgan fingerprint density at radius 2 is 2.15 bits per heavy atom. The Bertz CT molecular complexity index is 415. The lowest BCUT2D eigenvalue weighted by atomic mass is 9.83. The van der Waals surface area contributed by atoms with Crippen molar-refractivity contribution in [2.45, 2.75) is 58.7 Å². The maximum atomic E-state index is 13.7. The van der Waals surface area contributed by atoms with Gasteiger partial charge in [0.1, 0.15) is 5.82 Å². The van der Waals surface area contributed by atoms with Crippen molar-refractivity contribution in [3.8, 4) is 0 Å². The summed E-state index contributed by atoms with van der Waals surface area (Å²) in [6.07, 6.45) is 5.17. The number of halogens is 1. The van der Waals surface area contributed by atoms with E-state index in [9.17, 15) is 4.39 Å². The molecule has 0 bridgehead atoms. The van der Waals surface area contributed by atoms with Gasteiger partial charge in [-0.1, -0.05) is 39.2 Å². The molecule has 112 valence electrons. The molecule has 0 heterocycles. The monoisotopic (exact) mass is 279 g/mol. The van der Waals surface area contributed by atoms with Gasteiger partial charge in [0.2, 0.25) is 0 Å². The number of ether oxygens (including phenoxy) is 1. The van der Waals surface area contributed by atoms with Crippen LogP contribution in [-0.2, 0) is 17.9 Å². The molecular formula is C17H26FNO. The molecule has 1 N–H and O–H groups in total. The number of rotatable bonds is 8. The van der Waals surface area contributed by atoms with E-state index in [-0.39, 0.29) is 5.82 Å². The zero-order valence-corrected chi connectivity index (χ0v) is 12.6. The van der Waals surface area contributed by atoms with Gasteiger partial charge in [-0.25, -0.2) is 4.39 Å². The fourth-order valence-electron chi connectivity index (χ4n) is 2.38. The Hall–Kier alpha value is -0.930. The Morgan fingerprint density at radius 1 is 1.35 bits per heavy atom. The summed E-state index contributed by atoms with van der Waals surface area (Å²) >= 11 is 0. The molecule has 1 aliphatic carbocycles. The number of hydrogen-bond donors (Lipinski definition) is 1. The van der Waals surface area contributed by atoms with Crippen LogP contribution in [0.5, 0.6) is 0 Å². The lowest BCUT2D eigenvalue weighted by molar-refractivity contribution is 0.0931. The number of hydrogen-bond acceptors (Lipinski definition) is 2. The predicted molar refractivity (Wildman–Crippen MR) is 80.0 cm³/mol. The first-order valence-corrected chi connectivity index (χ1v) is 7.73. The molecule has 1 saturated carbocycles. The smallest absolute Gasteiger partial charge is 0.128 e. The van der Waals surface area contributed by atoms with Crippen LogP contribution in [-0.4, -0.2) is 12.6 Å². The molecule has 0 aromatic heterocycles. The molecule has 0 amide bonds. The van der Waals surface area contributed by atoms with Crippen LogP contribution in [0.1, 0.15) is 50.7 Å². The molecule has 1 aliphatic rings. The van der Waals surface area contributed by atoms with Gasteiger partial charge in [-0.15, -0.1) is 0 Å². The lowest BCUT2D eigenvalue weighted by Crippen LogP contribution is -2.21. The van der Waals surface area contributed by atoms with Gasteiger partial charge >= 0.3 is 0 Å². The van der Waals surface area contributed by atoms with E-state index in [0.29, 0.717) is 18.2 Å². The standard InChI is InChI=1S/C17H26FNO/c1-13(2)19-11-15-6-7-17(18)16(10-15)12-20-9-8-14-4-3-5-14/h6-7,10,13-14,19H,3-5,8-9,11-12H2,1-2H3. The lowest BCUT2D eigenvalue weighted by Gasteiger charge is -2.24. The molecule has 2 nitrogen and oxygen atoms in total. The number of nitrogens with one attached hydrogen (secondary N) is 1. The second kappa shape index (κ2) is 7.75. The van der Waals surface area contributed by atoms with Gasteiger partial charge in [-0.05, 0) is 30.0 Å². The van der Waals surface area contributed by atoms with Crippen molar-refractivity contribution in [2.75, 3.05) is 6.61 Å². The van der Waals surface area contributed by atoms with Crippen LogP contribution in [0.4, 0.5) is 4.39 Å². The van der Waals surface area contributed by atoms with Crippen molar-refractivity contribution < 1.29 is 9.13 Å². The molecule has 1 aromatic carbocycles. The van der Waals surface area contributed by atoms with E-state index in [1.54, 1.807) is 6.07 Å². The highest BCUT2D eigenvalue weighted by Crippen LogP contribution is 2.29. The zero-order chi connectivity index (χ0) is 14.4. The highest BCUT2D eigenvalue weighted by Gasteiger charge is 2.16. The molecule has 2 rings (SSSR count). The second-order valence-corrected chi connectivity index (χ2v) is 6.10. The summed E-state index contributed by atoms with van der Waals surface area (Å²) in [6, 6.07) is 5.72. The molecule has 0 aliphatic heterocycles. The van der Waals surface area contributed by atoms with Crippen LogP contribution < -0.4 is 5.32 Å². The highest BCUT2D eigenvalue weighted by molar-refractivity contribution is 5.24. The Kier molecular flexibility index (Phi) is 5.99. The average molecular weight is 279 g/mol. The first-order valence-electron chi connectivity index (χ1n) is 7.73. The van der Waals surface area contributed by atoms with Crippen LogP contribution in [0.3, 0.4) is 0 Å². The number of benzene rings is 1. The van der Waals surface area contributed by atoms with E-state index in [0.717, 1.165) is 31.1 Å². The third-order valence-corrected chi connectivity index (χ3v) is 3.98. The average Bonchev–Trinajstić information content (AvgIpc) is 2.36. The molecule has 0 unspecified atom stereocenters. The van der Waals surface area contributed by atoms with E-state index >= 15 is 0 Å². The quantitative estimate of drug-likeness (QED) is 0.725. The molecule has 0 atom stereocenters. The van der Waals surface area contributed by atoms with E-state index in [2.05, 4.69) is 19.2 Å². The summed E-state index contributed by atoms with van der Waals surface area (Å²) in [6.45, 7) is 6.11. The van der Waals surface area contributed by atoms with Crippen LogP contribution in [0.25, 0.3) is 0 Å². The summed E-state index contributed by atoms with van der Waals surface area (Å²) in [4.78, 5) is 0. The summed E-state index contributed by atoms with van der Waals surface area (Å²) < 4.78 is 19.4. The summed E-state index contributed by atoms with van der Waals surface area (Å²) in [5, 5.41) is 3.34. The van der Waals surface area contributed by atoms with E-state index in [1.165, 1.54) is 19.3 Å². The van der Waals surface area contributed by atoms with Crippen LogP contribution in [0, 0.1) is 11.7 Å². The third-order valence-electron chi connectivity index (χ3n) is 3.98. The summed E-state index contributed by atoms with van der Waals surface area (Å²) in [7, 11) is 0. The Labute approximate surface area is 121 Å². The molecule has 0 spiro atoms. The van der Waals surface area contributed by atoms with Crippen molar-refractivity contribution in [2.24, 2.45) is 5.92 Å². The summed E-state index contributed by atoms with van der Waals surface area (Å²) in [5.41, 5.74) is 1.78. The van der Waals surface area contributed by atoms with Crippen LogP contribution in [0.15, 0.2) is 18.2 Å². The van der Waals surface area contributed by atoms with Gasteiger partial charge in [0, 0.05) is 24.8 Å². The first kappa shape index (κ1) is 15.5. The third kappa shape index (κ3) is 4.88. The van der Waals surface area contributed by atoms with Crippen molar-refractivity contribution in [3.63, 3.8) is 0 Å². The van der Waals surface area contributed by atoms with Crippen LogP contribution in [0.2, 0.25) is 0 Å². The Morgan fingerprint density at radius 3 is 2.80 bits per heavy atom. The largest absolute Gasteiger partial charge is 0.377 e. The SMILES string of the molecule is CC(C)NCc1ccc(F)c(COCCC2CCC2)c1. The molecule has 20 heavy (non-hydrogen) atoms. The molecular weight excluding hydrogens is 253 g/mol. The first-order chi connectivity index (χ1) is 9.65. The minimum absolute atomic E-state index is 0.165. The van der Waals surface area contributed by atoms with Crippen molar-refractivity contribution in [1.82, 2.24) is 5.32 Å². The molecule has 0 saturated heterocycles. The maximum Gasteiger partial charge on any atom is 0.128 e. The predicted octanol–water partition coefficient (Wildman–Crippen LogP) is 4.03. The maximum absolute atomic E-state index is 13.7.